The van der Waals surface area contributed by atoms with Crippen molar-refractivity contribution < 1.29 is 14.3 Å². The van der Waals surface area contributed by atoms with Crippen LogP contribution in [0, 0.1) is 5.92 Å². The van der Waals surface area contributed by atoms with E-state index in [2.05, 4.69) is 15.2 Å². The number of thioether (sulfide) groups is 1. The molecule has 1 aromatic carbocycles. The fourth-order valence-electron chi connectivity index (χ4n) is 4.79. The number of ether oxygens (including phenoxy) is 2. The van der Waals surface area contributed by atoms with Crippen LogP contribution in [0.25, 0.3) is 0 Å². The molecule has 1 amide bonds. The zero-order valence-corrected chi connectivity index (χ0v) is 19.2. The van der Waals surface area contributed by atoms with Crippen LogP contribution >= 0.6 is 11.8 Å². The number of H-pyrrole nitrogens is 1. The Morgan fingerprint density at radius 3 is 2.81 bits per heavy atom. The van der Waals surface area contributed by atoms with E-state index in [1.807, 2.05) is 23.1 Å². The largest absolute Gasteiger partial charge is 0.497 e. The van der Waals surface area contributed by atoms with Crippen LogP contribution in [-0.2, 0) is 11.2 Å². The third-order valence-corrected chi connectivity index (χ3v) is 7.30. The van der Waals surface area contributed by atoms with Gasteiger partial charge in [-0.2, -0.15) is 0 Å². The lowest BCUT2D eigenvalue weighted by Gasteiger charge is -2.26. The zero-order valence-electron chi connectivity index (χ0n) is 18.4. The number of hydrogen-bond acceptors (Lipinski definition) is 6. The lowest BCUT2D eigenvalue weighted by molar-refractivity contribution is -0.129. The van der Waals surface area contributed by atoms with E-state index in [1.54, 1.807) is 14.2 Å². The van der Waals surface area contributed by atoms with Gasteiger partial charge in [0.25, 0.3) is 0 Å². The summed E-state index contributed by atoms with van der Waals surface area (Å²) in [6.07, 6.45) is 9.44. The molecule has 1 saturated heterocycles. The van der Waals surface area contributed by atoms with Crippen LogP contribution in [0.4, 0.5) is 0 Å². The number of hydrogen-bond donors (Lipinski definition) is 1. The minimum absolute atomic E-state index is 0.00673. The summed E-state index contributed by atoms with van der Waals surface area (Å²) < 4.78 is 10.9. The molecule has 168 valence electrons. The molecule has 1 N–H and O–H groups in total. The molecule has 0 spiro atoms. The average Bonchev–Trinajstić information content (AvgIpc) is 3.57. The number of aromatic amines is 1. The normalized spacial score (nSPS) is 19.2. The smallest absolute Gasteiger partial charge is 0.233 e. The molecule has 8 heteroatoms. The molecule has 1 unspecified atom stereocenters. The molecule has 1 aliphatic heterocycles. The standard InChI is InChI=1S/C23H32N4O3S/c1-29-17-10-11-20(30-2)18(14-17)19-8-5-13-27(19)22(28)15-31-23-24-21(25-26-23)12-9-16-6-3-4-7-16/h10-11,14,16,19H,3-9,12-13,15H2,1-2H3,(H,24,25,26). The van der Waals surface area contributed by atoms with E-state index in [-0.39, 0.29) is 11.9 Å². The highest BCUT2D eigenvalue weighted by molar-refractivity contribution is 7.99. The van der Waals surface area contributed by atoms with E-state index in [0.717, 1.165) is 54.6 Å². The summed E-state index contributed by atoms with van der Waals surface area (Å²) >= 11 is 1.41. The number of rotatable bonds is 9. The van der Waals surface area contributed by atoms with Crippen molar-refractivity contribution in [2.24, 2.45) is 5.92 Å². The lowest BCUT2D eigenvalue weighted by atomic mass is 10.0. The third kappa shape index (κ3) is 5.34. The molecule has 1 aliphatic carbocycles. The second kappa shape index (κ2) is 10.4. The second-order valence-corrected chi connectivity index (χ2v) is 9.34. The third-order valence-electron chi connectivity index (χ3n) is 6.47. The van der Waals surface area contributed by atoms with Gasteiger partial charge in [0.1, 0.15) is 17.3 Å². The molecule has 2 fully saturated rings. The molecule has 31 heavy (non-hydrogen) atoms. The van der Waals surface area contributed by atoms with Crippen molar-refractivity contribution in [1.82, 2.24) is 20.1 Å². The van der Waals surface area contributed by atoms with E-state index in [4.69, 9.17) is 9.47 Å². The maximum atomic E-state index is 13.0. The molecule has 2 aromatic rings. The summed E-state index contributed by atoms with van der Waals surface area (Å²) in [5.41, 5.74) is 1.00. The summed E-state index contributed by atoms with van der Waals surface area (Å²) in [5, 5.41) is 8.01. The molecule has 2 aliphatic rings. The first-order valence-corrected chi connectivity index (χ1v) is 12.2. The highest BCUT2D eigenvalue weighted by atomic mass is 32.2. The van der Waals surface area contributed by atoms with Gasteiger partial charge in [-0.05, 0) is 43.4 Å². The molecular formula is C23H32N4O3S. The summed E-state index contributed by atoms with van der Waals surface area (Å²) in [6.45, 7) is 0.755. The Morgan fingerprint density at radius 2 is 2.03 bits per heavy atom. The Balaban J connectivity index is 1.34. The topological polar surface area (TPSA) is 80.3 Å². The van der Waals surface area contributed by atoms with Gasteiger partial charge in [0.15, 0.2) is 0 Å². The summed E-state index contributed by atoms with van der Waals surface area (Å²) in [5.74, 6) is 3.78. The van der Waals surface area contributed by atoms with Crippen molar-refractivity contribution in [3.63, 3.8) is 0 Å². The van der Waals surface area contributed by atoms with Gasteiger partial charge < -0.3 is 14.4 Å². The SMILES string of the molecule is COc1ccc(OC)c(C2CCCN2C(=O)CSc2n[nH]c(CCC3CCCC3)n2)c1. The van der Waals surface area contributed by atoms with Crippen LogP contribution in [0.2, 0.25) is 0 Å². The lowest BCUT2D eigenvalue weighted by Crippen LogP contribution is -2.32. The highest BCUT2D eigenvalue weighted by Crippen LogP contribution is 2.39. The van der Waals surface area contributed by atoms with Gasteiger partial charge in [-0.15, -0.1) is 5.10 Å². The summed E-state index contributed by atoms with van der Waals surface area (Å²) in [4.78, 5) is 19.6. The Labute approximate surface area is 188 Å². The van der Waals surface area contributed by atoms with Crippen molar-refractivity contribution in [2.45, 2.75) is 62.6 Å². The maximum absolute atomic E-state index is 13.0. The number of aryl methyl sites for hydroxylation is 1. The van der Waals surface area contributed by atoms with Gasteiger partial charge >= 0.3 is 0 Å². The predicted octanol–water partition coefficient (Wildman–Crippen LogP) is 4.40. The Kier molecular flexibility index (Phi) is 7.37. The van der Waals surface area contributed by atoms with Gasteiger partial charge in [-0.3, -0.25) is 9.89 Å². The second-order valence-electron chi connectivity index (χ2n) is 8.40. The Morgan fingerprint density at radius 1 is 1.19 bits per heavy atom. The van der Waals surface area contributed by atoms with Gasteiger partial charge in [0.05, 0.1) is 26.0 Å². The van der Waals surface area contributed by atoms with Gasteiger partial charge in [-0.1, -0.05) is 37.4 Å². The maximum Gasteiger partial charge on any atom is 0.233 e. The predicted molar refractivity (Wildman–Crippen MR) is 121 cm³/mol. The minimum Gasteiger partial charge on any atom is -0.497 e. The number of carbonyl (C=O) groups is 1. The van der Waals surface area contributed by atoms with Crippen LogP contribution < -0.4 is 9.47 Å². The zero-order chi connectivity index (χ0) is 21.6. The molecule has 1 atom stereocenters. The molecule has 4 rings (SSSR count). The monoisotopic (exact) mass is 444 g/mol. The van der Waals surface area contributed by atoms with Crippen molar-refractivity contribution in [3.05, 3.63) is 29.6 Å². The molecule has 0 bridgehead atoms. The van der Waals surface area contributed by atoms with Crippen LogP contribution in [0.3, 0.4) is 0 Å². The number of carbonyl (C=O) groups excluding carboxylic acids is 1. The molecule has 1 aromatic heterocycles. The Bertz CT molecular complexity index is 881. The highest BCUT2D eigenvalue weighted by Gasteiger charge is 2.32. The van der Waals surface area contributed by atoms with Crippen molar-refractivity contribution in [1.29, 1.82) is 0 Å². The van der Waals surface area contributed by atoms with Gasteiger partial charge in [-0.25, -0.2) is 4.98 Å². The fourth-order valence-corrected chi connectivity index (χ4v) is 5.49. The first-order valence-electron chi connectivity index (χ1n) is 11.2. The van der Waals surface area contributed by atoms with Crippen LogP contribution in [-0.4, -0.2) is 52.5 Å². The molecule has 1 saturated carbocycles. The van der Waals surface area contributed by atoms with E-state index >= 15 is 0 Å². The van der Waals surface area contributed by atoms with Crippen molar-refractivity contribution in [2.75, 3.05) is 26.5 Å². The number of amides is 1. The van der Waals surface area contributed by atoms with E-state index < -0.39 is 0 Å². The van der Waals surface area contributed by atoms with E-state index in [1.165, 1.54) is 43.9 Å². The molecule has 2 heterocycles. The van der Waals surface area contributed by atoms with Crippen LogP contribution in [0.1, 0.15) is 62.4 Å². The first kappa shape index (κ1) is 22.0. The number of likely N-dealkylation sites (tertiary alicyclic amines) is 1. The summed E-state index contributed by atoms with van der Waals surface area (Å²) in [7, 11) is 3.31. The number of nitrogens with zero attached hydrogens (tertiary/aromatic N) is 3. The van der Waals surface area contributed by atoms with Crippen LogP contribution in [0.15, 0.2) is 23.4 Å². The van der Waals surface area contributed by atoms with E-state index in [9.17, 15) is 4.79 Å². The molecule has 0 radical (unpaired) electrons. The Hall–Kier alpha value is -2.22. The van der Waals surface area contributed by atoms with Crippen LogP contribution in [0.5, 0.6) is 11.5 Å². The number of benzene rings is 1. The number of nitrogens with one attached hydrogen (secondary N) is 1. The summed E-state index contributed by atoms with van der Waals surface area (Å²) in [6, 6.07) is 5.78. The first-order chi connectivity index (χ1) is 15.2. The number of aromatic nitrogens is 3. The number of methoxy groups -OCH3 is 2. The van der Waals surface area contributed by atoms with Gasteiger partial charge in [0.2, 0.25) is 11.1 Å². The molecule has 7 nitrogen and oxygen atoms in total. The minimum atomic E-state index is 0.00673. The van der Waals surface area contributed by atoms with Crippen molar-refractivity contribution >= 4 is 17.7 Å². The quantitative estimate of drug-likeness (QED) is 0.578. The van der Waals surface area contributed by atoms with Crippen molar-refractivity contribution in [3.8, 4) is 11.5 Å². The van der Waals surface area contributed by atoms with E-state index in [0.29, 0.717) is 10.9 Å². The average molecular weight is 445 g/mol. The fraction of sp³-hybridized carbons (Fsp3) is 0.609. The molecular weight excluding hydrogens is 412 g/mol. The van der Waals surface area contributed by atoms with Gasteiger partial charge in [0, 0.05) is 18.5 Å².